The molecule has 3 N–H and O–H groups in total. The van der Waals surface area contributed by atoms with Crippen LogP contribution in [0.15, 0.2) is 23.6 Å². The quantitative estimate of drug-likeness (QED) is 0.849. The molecule has 19 heavy (non-hydrogen) atoms. The van der Waals surface area contributed by atoms with Crippen molar-refractivity contribution < 1.29 is 18.0 Å². The molecule has 0 radical (unpaired) electrons. The highest BCUT2D eigenvalue weighted by atomic mass is 32.1. The van der Waals surface area contributed by atoms with E-state index in [4.69, 9.17) is 5.73 Å². The molecule has 0 atom stereocenters. The molecule has 1 aromatic carbocycles. The fourth-order valence-corrected chi connectivity index (χ4v) is 2.28. The summed E-state index contributed by atoms with van der Waals surface area (Å²) < 4.78 is 39.2. The van der Waals surface area contributed by atoms with E-state index >= 15 is 0 Å². The second kappa shape index (κ2) is 5.31. The standard InChI is InChI=1S/C12H9F3N2OS/c13-7-2-9(14)11(15)10(3-7)17-4-8-1-6(5-19-8)12(16)18/h1-3,5,17H,4H2,(H2,16,18). The van der Waals surface area contributed by atoms with Gasteiger partial charge in [0.1, 0.15) is 5.82 Å². The maximum absolute atomic E-state index is 13.3. The van der Waals surface area contributed by atoms with Crippen LogP contribution in [-0.2, 0) is 6.54 Å². The van der Waals surface area contributed by atoms with Gasteiger partial charge in [-0.25, -0.2) is 13.2 Å². The second-order valence-electron chi connectivity index (χ2n) is 3.77. The SMILES string of the molecule is NC(=O)c1csc(CNc2cc(F)cc(F)c2F)c1. The number of amides is 1. The highest BCUT2D eigenvalue weighted by Gasteiger charge is 2.11. The van der Waals surface area contributed by atoms with E-state index < -0.39 is 23.4 Å². The summed E-state index contributed by atoms with van der Waals surface area (Å²) in [6, 6.07) is 2.87. The van der Waals surface area contributed by atoms with Gasteiger partial charge in [-0.2, -0.15) is 0 Å². The number of nitrogens with two attached hydrogens (primary N) is 1. The molecule has 0 aliphatic rings. The summed E-state index contributed by atoms with van der Waals surface area (Å²) in [6.45, 7) is 0.137. The van der Waals surface area contributed by atoms with Crippen molar-refractivity contribution in [2.45, 2.75) is 6.54 Å². The first-order chi connectivity index (χ1) is 8.97. The van der Waals surface area contributed by atoms with Crippen LogP contribution in [0.5, 0.6) is 0 Å². The molecule has 0 aliphatic heterocycles. The molecule has 7 heteroatoms. The lowest BCUT2D eigenvalue weighted by molar-refractivity contribution is 0.100. The van der Waals surface area contributed by atoms with Crippen LogP contribution < -0.4 is 11.1 Å². The van der Waals surface area contributed by atoms with Crippen LogP contribution >= 0.6 is 11.3 Å². The Morgan fingerprint density at radius 1 is 1.26 bits per heavy atom. The first-order valence-corrected chi connectivity index (χ1v) is 6.11. The molecule has 0 aliphatic carbocycles. The van der Waals surface area contributed by atoms with E-state index in [-0.39, 0.29) is 12.2 Å². The van der Waals surface area contributed by atoms with Crippen molar-refractivity contribution in [1.29, 1.82) is 0 Å². The van der Waals surface area contributed by atoms with Crippen LogP contribution in [-0.4, -0.2) is 5.91 Å². The molecule has 1 aromatic heterocycles. The van der Waals surface area contributed by atoms with Gasteiger partial charge < -0.3 is 11.1 Å². The van der Waals surface area contributed by atoms with Gasteiger partial charge in [0, 0.05) is 28.9 Å². The Morgan fingerprint density at radius 3 is 2.63 bits per heavy atom. The number of halogens is 3. The first-order valence-electron chi connectivity index (χ1n) is 5.23. The molecule has 0 fully saturated rings. The molecule has 2 rings (SSSR count). The molecule has 2 aromatic rings. The summed E-state index contributed by atoms with van der Waals surface area (Å²) in [7, 11) is 0. The molecule has 0 bridgehead atoms. The molecule has 1 amide bonds. The van der Waals surface area contributed by atoms with Gasteiger partial charge in [0.05, 0.1) is 11.3 Å². The molecule has 0 spiro atoms. The summed E-state index contributed by atoms with van der Waals surface area (Å²) in [5.74, 6) is -3.84. The van der Waals surface area contributed by atoms with Crippen LogP contribution in [0.3, 0.4) is 0 Å². The van der Waals surface area contributed by atoms with Crippen molar-refractivity contribution in [1.82, 2.24) is 0 Å². The van der Waals surface area contributed by atoms with Crippen molar-refractivity contribution in [2.24, 2.45) is 5.73 Å². The number of benzene rings is 1. The predicted octanol–water partition coefficient (Wildman–Crippen LogP) is 2.88. The Morgan fingerprint density at radius 2 is 2.00 bits per heavy atom. The monoisotopic (exact) mass is 286 g/mol. The number of hydrogen-bond donors (Lipinski definition) is 2. The van der Waals surface area contributed by atoms with E-state index in [9.17, 15) is 18.0 Å². The van der Waals surface area contributed by atoms with Crippen LogP contribution in [0, 0.1) is 17.5 Å². The summed E-state index contributed by atoms with van der Waals surface area (Å²) in [4.78, 5) is 11.6. The molecule has 3 nitrogen and oxygen atoms in total. The van der Waals surface area contributed by atoms with Crippen molar-refractivity contribution in [3.63, 3.8) is 0 Å². The van der Waals surface area contributed by atoms with Gasteiger partial charge in [0.25, 0.3) is 0 Å². The van der Waals surface area contributed by atoms with Gasteiger partial charge >= 0.3 is 0 Å². The number of hydrogen-bond acceptors (Lipinski definition) is 3. The molecule has 100 valence electrons. The molecule has 0 saturated carbocycles. The molecule has 0 saturated heterocycles. The van der Waals surface area contributed by atoms with Crippen LogP contribution in [0.1, 0.15) is 15.2 Å². The average Bonchev–Trinajstić information content (AvgIpc) is 2.81. The molecular weight excluding hydrogens is 277 g/mol. The van der Waals surface area contributed by atoms with Gasteiger partial charge in [0.2, 0.25) is 5.91 Å². The summed E-state index contributed by atoms with van der Waals surface area (Å²) in [5.41, 5.74) is 5.16. The minimum absolute atomic E-state index is 0.137. The van der Waals surface area contributed by atoms with E-state index in [1.165, 1.54) is 17.4 Å². The lowest BCUT2D eigenvalue weighted by Crippen LogP contribution is -2.09. The third kappa shape index (κ3) is 3.05. The van der Waals surface area contributed by atoms with Gasteiger partial charge in [-0.1, -0.05) is 0 Å². The van der Waals surface area contributed by atoms with Crippen molar-refractivity contribution in [3.05, 3.63) is 51.5 Å². The minimum atomic E-state index is -1.26. The van der Waals surface area contributed by atoms with E-state index in [2.05, 4.69) is 5.32 Å². The van der Waals surface area contributed by atoms with Crippen molar-refractivity contribution in [2.75, 3.05) is 5.32 Å². The van der Waals surface area contributed by atoms with Crippen molar-refractivity contribution in [3.8, 4) is 0 Å². The number of nitrogens with one attached hydrogen (secondary N) is 1. The third-order valence-electron chi connectivity index (χ3n) is 2.38. The Labute approximate surface area is 110 Å². The third-order valence-corrected chi connectivity index (χ3v) is 3.32. The van der Waals surface area contributed by atoms with E-state index in [0.717, 1.165) is 6.07 Å². The van der Waals surface area contributed by atoms with Crippen LogP contribution in [0.4, 0.5) is 18.9 Å². The number of primary amides is 1. The topological polar surface area (TPSA) is 55.1 Å². The number of rotatable bonds is 4. The number of anilines is 1. The normalized spacial score (nSPS) is 10.5. The highest BCUT2D eigenvalue weighted by Crippen LogP contribution is 2.21. The maximum Gasteiger partial charge on any atom is 0.249 e. The molecular formula is C12H9F3N2OS. The van der Waals surface area contributed by atoms with Crippen LogP contribution in [0.25, 0.3) is 0 Å². The summed E-state index contributed by atoms with van der Waals surface area (Å²) >= 11 is 1.24. The summed E-state index contributed by atoms with van der Waals surface area (Å²) in [5, 5.41) is 4.12. The zero-order valence-corrected chi connectivity index (χ0v) is 10.4. The Bertz CT molecular complexity index is 627. The van der Waals surface area contributed by atoms with Crippen LogP contribution in [0.2, 0.25) is 0 Å². The largest absolute Gasteiger partial charge is 0.378 e. The fraction of sp³-hybridized carbons (Fsp3) is 0.0833. The number of thiophene rings is 1. The molecule has 0 unspecified atom stereocenters. The summed E-state index contributed by atoms with van der Waals surface area (Å²) in [6.07, 6.45) is 0. The Kier molecular flexibility index (Phi) is 3.75. The second-order valence-corrected chi connectivity index (χ2v) is 4.76. The zero-order chi connectivity index (χ0) is 14.0. The van der Waals surface area contributed by atoms with E-state index in [1.54, 1.807) is 5.38 Å². The minimum Gasteiger partial charge on any atom is -0.378 e. The highest BCUT2D eigenvalue weighted by molar-refractivity contribution is 7.10. The lowest BCUT2D eigenvalue weighted by atomic mass is 10.2. The van der Waals surface area contributed by atoms with Gasteiger partial charge in [-0.15, -0.1) is 11.3 Å². The first kappa shape index (κ1) is 13.4. The fourth-order valence-electron chi connectivity index (χ4n) is 1.47. The predicted molar refractivity (Wildman–Crippen MR) is 66.5 cm³/mol. The number of carbonyl (C=O) groups excluding carboxylic acids is 1. The van der Waals surface area contributed by atoms with Gasteiger partial charge in [0.15, 0.2) is 11.6 Å². The van der Waals surface area contributed by atoms with Crippen molar-refractivity contribution >= 4 is 22.9 Å². The lowest BCUT2D eigenvalue weighted by Gasteiger charge is -2.07. The number of carbonyl (C=O) groups is 1. The smallest absolute Gasteiger partial charge is 0.249 e. The average molecular weight is 286 g/mol. The Hall–Kier alpha value is -2.02. The van der Waals surface area contributed by atoms with E-state index in [0.29, 0.717) is 16.5 Å². The zero-order valence-electron chi connectivity index (χ0n) is 9.54. The maximum atomic E-state index is 13.3. The van der Waals surface area contributed by atoms with Gasteiger partial charge in [-0.3, -0.25) is 4.79 Å². The van der Waals surface area contributed by atoms with Gasteiger partial charge in [-0.05, 0) is 6.07 Å². The van der Waals surface area contributed by atoms with E-state index in [1.807, 2.05) is 0 Å². The molecule has 1 heterocycles. The Balaban J connectivity index is 2.12.